The Morgan fingerprint density at radius 2 is 1.64 bits per heavy atom. The van der Waals surface area contributed by atoms with Crippen molar-refractivity contribution in [3.8, 4) is 0 Å². The third-order valence-electron chi connectivity index (χ3n) is 5.21. The molecule has 2 amide bonds. The molecule has 3 rings (SSSR count). The number of carbonyl (C=O) groups excluding carboxylic acids is 2. The molecule has 7 nitrogen and oxygen atoms in total. The average Bonchev–Trinajstić information content (AvgIpc) is 2.69. The number of likely N-dealkylation sites (N-methyl/N-ethyl adjacent to an activating group) is 2. The van der Waals surface area contributed by atoms with E-state index >= 15 is 0 Å². The quantitative estimate of drug-likeness (QED) is 0.465. The smallest absolute Gasteiger partial charge is 0.276 e. The second-order valence-corrected chi connectivity index (χ2v) is 7.01. The van der Waals surface area contributed by atoms with Gasteiger partial charge < -0.3 is 9.80 Å². The maximum absolute atomic E-state index is 13.2. The van der Waals surface area contributed by atoms with Crippen molar-refractivity contribution in [2.24, 2.45) is 0 Å². The zero-order valence-corrected chi connectivity index (χ0v) is 16.0. The molecule has 0 radical (unpaired) electrons. The molecule has 1 saturated heterocycles. The summed E-state index contributed by atoms with van der Waals surface area (Å²) < 4.78 is 0. The van der Waals surface area contributed by atoms with Crippen molar-refractivity contribution >= 4 is 23.6 Å². The highest BCUT2D eigenvalue weighted by Crippen LogP contribution is 2.32. The number of hydrogen-bond donors (Lipinski definition) is 0. The van der Waals surface area contributed by atoms with Crippen molar-refractivity contribution in [2.45, 2.75) is 18.9 Å². The summed E-state index contributed by atoms with van der Waals surface area (Å²) >= 11 is 0. The molecule has 1 aliphatic rings. The third kappa shape index (κ3) is 3.26. The van der Waals surface area contributed by atoms with Gasteiger partial charge in [-0.2, -0.15) is 0 Å². The van der Waals surface area contributed by atoms with Gasteiger partial charge in [-0.3, -0.25) is 19.7 Å². The fourth-order valence-corrected chi connectivity index (χ4v) is 3.42. The number of nitrogens with zero attached hydrogens (tertiary/aromatic N) is 3. The molecule has 1 fully saturated rings. The van der Waals surface area contributed by atoms with Gasteiger partial charge in [0.25, 0.3) is 17.5 Å². The average molecular weight is 379 g/mol. The van der Waals surface area contributed by atoms with Gasteiger partial charge in [-0.1, -0.05) is 42.5 Å². The minimum Gasteiger partial charge on any atom is -0.326 e. The Balaban J connectivity index is 2.00. The number of rotatable bonds is 4. The van der Waals surface area contributed by atoms with Gasteiger partial charge in [0.2, 0.25) is 0 Å². The molecule has 1 atom stereocenters. The number of nitro groups is 1. The summed E-state index contributed by atoms with van der Waals surface area (Å²) in [6, 6.07) is 15.6. The Labute approximate surface area is 163 Å². The standard InChI is InChI=1S/C21H21N3O4/c1-21(14-15-9-5-4-6-10-15)20(26)22(2)18(19(25)23(21)3)13-16-11-7-8-12-17(16)24(27)28/h4-13H,14H2,1-3H3. The molecule has 1 aliphatic heterocycles. The summed E-state index contributed by atoms with van der Waals surface area (Å²) in [4.78, 5) is 39.7. The topological polar surface area (TPSA) is 83.8 Å². The van der Waals surface area contributed by atoms with Crippen molar-refractivity contribution in [1.82, 2.24) is 9.80 Å². The summed E-state index contributed by atoms with van der Waals surface area (Å²) in [5.74, 6) is -0.609. The largest absolute Gasteiger partial charge is 0.326 e. The highest BCUT2D eigenvalue weighted by Gasteiger charge is 2.48. The van der Waals surface area contributed by atoms with Crippen LogP contribution in [0.3, 0.4) is 0 Å². The molecule has 1 unspecified atom stereocenters. The molecule has 0 bridgehead atoms. The van der Waals surface area contributed by atoms with E-state index in [-0.39, 0.29) is 28.8 Å². The van der Waals surface area contributed by atoms with Crippen LogP contribution in [-0.4, -0.2) is 46.2 Å². The molecular formula is C21H21N3O4. The first kappa shape index (κ1) is 19.3. The van der Waals surface area contributed by atoms with E-state index in [1.54, 1.807) is 32.2 Å². The first-order valence-electron chi connectivity index (χ1n) is 8.81. The molecule has 2 aromatic rings. The summed E-state index contributed by atoms with van der Waals surface area (Å²) in [5, 5.41) is 11.3. The van der Waals surface area contributed by atoms with Crippen molar-refractivity contribution in [3.05, 3.63) is 81.5 Å². The van der Waals surface area contributed by atoms with Crippen LogP contribution in [-0.2, 0) is 16.0 Å². The van der Waals surface area contributed by atoms with E-state index in [0.717, 1.165) is 5.56 Å². The lowest BCUT2D eigenvalue weighted by Crippen LogP contribution is -2.64. The lowest BCUT2D eigenvalue weighted by Gasteiger charge is -2.45. The van der Waals surface area contributed by atoms with Gasteiger partial charge in [0.1, 0.15) is 11.2 Å². The number of benzene rings is 2. The summed E-state index contributed by atoms with van der Waals surface area (Å²) in [5.41, 5.74) is 0.150. The number of piperazine rings is 1. The Kier molecular flexibility index (Phi) is 5.00. The van der Waals surface area contributed by atoms with Crippen LogP contribution < -0.4 is 0 Å². The van der Waals surface area contributed by atoms with E-state index in [2.05, 4.69) is 0 Å². The fraction of sp³-hybridized carbons (Fsp3) is 0.238. The highest BCUT2D eigenvalue weighted by atomic mass is 16.6. The molecular weight excluding hydrogens is 358 g/mol. The van der Waals surface area contributed by atoms with Crippen LogP contribution in [0.1, 0.15) is 18.1 Å². The maximum Gasteiger partial charge on any atom is 0.276 e. The summed E-state index contributed by atoms with van der Waals surface area (Å²) in [7, 11) is 3.11. The minimum atomic E-state index is -1.05. The van der Waals surface area contributed by atoms with Crippen LogP contribution in [0.2, 0.25) is 0 Å². The molecule has 2 aromatic carbocycles. The van der Waals surface area contributed by atoms with E-state index in [9.17, 15) is 19.7 Å². The highest BCUT2D eigenvalue weighted by molar-refractivity contribution is 6.09. The first-order valence-corrected chi connectivity index (χ1v) is 8.81. The lowest BCUT2D eigenvalue weighted by molar-refractivity contribution is -0.385. The van der Waals surface area contributed by atoms with Crippen LogP contribution in [0, 0.1) is 10.1 Å². The van der Waals surface area contributed by atoms with Crippen LogP contribution in [0.5, 0.6) is 0 Å². The van der Waals surface area contributed by atoms with Gasteiger partial charge in [0.15, 0.2) is 0 Å². The predicted octanol–water partition coefficient (Wildman–Crippen LogP) is 2.87. The Morgan fingerprint density at radius 3 is 2.29 bits per heavy atom. The van der Waals surface area contributed by atoms with Gasteiger partial charge in [0.05, 0.1) is 10.5 Å². The number of hydrogen-bond acceptors (Lipinski definition) is 4. The predicted molar refractivity (Wildman–Crippen MR) is 105 cm³/mol. The molecule has 0 aliphatic carbocycles. The van der Waals surface area contributed by atoms with Gasteiger partial charge >= 0.3 is 0 Å². The first-order chi connectivity index (χ1) is 13.3. The van der Waals surface area contributed by atoms with E-state index < -0.39 is 10.5 Å². The lowest BCUT2D eigenvalue weighted by atomic mass is 9.87. The Bertz CT molecular complexity index is 971. The SMILES string of the molecule is CN1C(=O)C(C)(Cc2ccccc2)N(C)C(=O)C1=Cc1ccccc1[N+](=O)[O-]. The molecule has 0 saturated carbocycles. The summed E-state index contributed by atoms with van der Waals surface area (Å²) in [6.45, 7) is 1.73. The van der Waals surface area contributed by atoms with Gasteiger partial charge in [-0.05, 0) is 24.6 Å². The third-order valence-corrected chi connectivity index (χ3v) is 5.21. The monoisotopic (exact) mass is 379 g/mol. The van der Waals surface area contributed by atoms with Gasteiger partial charge in [-0.15, -0.1) is 0 Å². The van der Waals surface area contributed by atoms with Crippen molar-refractivity contribution in [2.75, 3.05) is 14.1 Å². The van der Waals surface area contributed by atoms with Crippen molar-refractivity contribution < 1.29 is 14.5 Å². The van der Waals surface area contributed by atoms with E-state index in [1.807, 2.05) is 30.3 Å². The molecule has 144 valence electrons. The van der Waals surface area contributed by atoms with E-state index in [4.69, 9.17) is 0 Å². The number of nitro benzene ring substituents is 1. The van der Waals surface area contributed by atoms with Crippen LogP contribution in [0.4, 0.5) is 5.69 Å². The Hall–Kier alpha value is -3.48. The van der Waals surface area contributed by atoms with Crippen molar-refractivity contribution in [1.29, 1.82) is 0 Å². The van der Waals surface area contributed by atoms with Gasteiger partial charge in [0, 0.05) is 26.6 Å². The zero-order valence-electron chi connectivity index (χ0n) is 16.0. The Morgan fingerprint density at radius 1 is 1.04 bits per heavy atom. The van der Waals surface area contributed by atoms with Crippen LogP contribution in [0.15, 0.2) is 60.3 Å². The summed E-state index contributed by atoms with van der Waals surface area (Å²) in [6.07, 6.45) is 1.77. The normalized spacial score (nSPS) is 21.3. The minimum absolute atomic E-state index is 0.104. The van der Waals surface area contributed by atoms with E-state index in [0.29, 0.717) is 6.42 Å². The molecule has 0 aromatic heterocycles. The molecule has 7 heteroatoms. The molecule has 1 heterocycles. The second-order valence-electron chi connectivity index (χ2n) is 7.01. The zero-order chi connectivity index (χ0) is 20.5. The van der Waals surface area contributed by atoms with Crippen LogP contribution in [0.25, 0.3) is 6.08 Å². The van der Waals surface area contributed by atoms with E-state index in [1.165, 1.54) is 29.0 Å². The molecule has 0 spiro atoms. The van der Waals surface area contributed by atoms with Gasteiger partial charge in [-0.25, -0.2) is 0 Å². The molecule has 28 heavy (non-hydrogen) atoms. The number of para-hydroxylation sites is 1. The van der Waals surface area contributed by atoms with Crippen molar-refractivity contribution in [3.63, 3.8) is 0 Å². The number of amides is 2. The fourth-order valence-electron chi connectivity index (χ4n) is 3.42. The maximum atomic E-state index is 13.2. The second kappa shape index (κ2) is 7.26. The van der Waals surface area contributed by atoms with Crippen LogP contribution >= 0.6 is 0 Å². The number of carbonyl (C=O) groups is 2. The molecule has 0 N–H and O–H groups in total.